The van der Waals surface area contributed by atoms with Gasteiger partial charge in [0, 0.05) is 15.5 Å². The van der Waals surface area contributed by atoms with E-state index in [4.69, 9.17) is 0 Å². The molecular formula is C15H19NOS2. The number of thiazole rings is 1. The van der Waals surface area contributed by atoms with Crippen molar-refractivity contribution in [3.63, 3.8) is 0 Å². The topological polar surface area (TPSA) is 32.9 Å². The van der Waals surface area contributed by atoms with Crippen molar-refractivity contribution < 1.29 is 0 Å². The van der Waals surface area contributed by atoms with E-state index in [2.05, 4.69) is 4.98 Å². The van der Waals surface area contributed by atoms with E-state index in [1.54, 1.807) is 0 Å². The van der Waals surface area contributed by atoms with Crippen molar-refractivity contribution in [3.8, 4) is 0 Å². The fourth-order valence-electron chi connectivity index (χ4n) is 5.75. The second-order valence-electron chi connectivity index (χ2n) is 6.98. The molecule has 0 aromatic carbocycles. The van der Waals surface area contributed by atoms with Crippen LogP contribution in [0.5, 0.6) is 0 Å². The van der Waals surface area contributed by atoms with E-state index in [1.165, 1.54) is 66.2 Å². The molecule has 19 heavy (non-hydrogen) atoms. The standard InChI is InChI=1S/C15H19NOS2/c17-14-16-13-12(19-14)15(5-1-2-6-15)10-8-3-4-9(7-8)11(10)18-13/h8-11H,1-7H2,(H,16,17)/t8-,9-,10+,11-/m0/s1. The van der Waals surface area contributed by atoms with Gasteiger partial charge in [0.05, 0.1) is 5.03 Å². The highest BCUT2D eigenvalue weighted by molar-refractivity contribution is 8.00. The lowest BCUT2D eigenvalue weighted by molar-refractivity contribution is 0.188. The Labute approximate surface area is 121 Å². The molecule has 0 amide bonds. The quantitative estimate of drug-likeness (QED) is 0.790. The van der Waals surface area contributed by atoms with Crippen LogP contribution in [0, 0.1) is 17.8 Å². The summed E-state index contributed by atoms with van der Waals surface area (Å²) in [5.41, 5.74) is 0.398. The number of hydrogen-bond acceptors (Lipinski definition) is 3. The van der Waals surface area contributed by atoms with Crippen molar-refractivity contribution in [2.24, 2.45) is 17.8 Å². The van der Waals surface area contributed by atoms with Crippen LogP contribution in [-0.2, 0) is 5.41 Å². The number of hydrogen-bond donors (Lipinski definition) is 1. The van der Waals surface area contributed by atoms with Crippen LogP contribution < -0.4 is 4.87 Å². The molecular weight excluding hydrogens is 274 g/mol. The molecule has 4 aliphatic rings. The van der Waals surface area contributed by atoms with Gasteiger partial charge in [-0.15, -0.1) is 11.8 Å². The van der Waals surface area contributed by atoms with Gasteiger partial charge in [-0.2, -0.15) is 0 Å². The largest absolute Gasteiger partial charge is 0.307 e. The summed E-state index contributed by atoms with van der Waals surface area (Å²) in [5.74, 6) is 2.79. The van der Waals surface area contributed by atoms with Crippen molar-refractivity contribution in [1.82, 2.24) is 4.98 Å². The van der Waals surface area contributed by atoms with Crippen molar-refractivity contribution in [3.05, 3.63) is 14.5 Å². The number of aromatic nitrogens is 1. The maximum Gasteiger partial charge on any atom is 0.305 e. The van der Waals surface area contributed by atoms with E-state index in [0.717, 1.165) is 23.0 Å². The molecule has 1 aliphatic heterocycles. The lowest BCUT2D eigenvalue weighted by Crippen LogP contribution is -2.44. The Morgan fingerprint density at radius 1 is 1.16 bits per heavy atom. The van der Waals surface area contributed by atoms with E-state index in [-0.39, 0.29) is 4.87 Å². The van der Waals surface area contributed by atoms with Gasteiger partial charge in [0.2, 0.25) is 0 Å². The predicted octanol–water partition coefficient (Wildman–Crippen LogP) is 3.77. The third kappa shape index (κ3) is 1.33. The first-order chi connectivity index (χ1) is 9.28. The maximum atomic E-state index is 11.8. The zero-order chi connectivity index (χ0) is 12.6. The summed E-state index contributed by atoms with van der Waals surface area (Å²) in [6, 6.07) is 0. The molecule has 1 aromatic rings. The van der Waals surface area contributed by atoms with Crippen molar-refractivity contribution in [2.75, 3.05) is 0 Å². The Hall–Kier alpha value is -0.220. The van der Waals surface area contributed by atoms with Crippen LogP contribution in [-0.4, -0.2) is 10.2 Å². The van der Waals surface area contributed by atoms with Gasteiger partial charge in [0.15, 0.2) is 0 Å². The average Bonchev–Trinajstić information content (AvgIpc) is 3.12. The van der Waals surface area contributed by atoms with Gasteiger partial charge in [-0.3, -0.25) is 4.79 Å². The smallest absolute Gasteiger partial charge is 0.305 e. The maximum absolute atomic E-state index is 11.8. The van der Waals surface area contributed by atoms with Gasteiger partial charge < -0.3 is 4.98 Å². The molecule has 3 saturated carbocycles. The van der Waals surface area contributed by atoms with Crippen molar-refractivity contribution in [1.29, 1.82) is 0 Å². The molecule has 5 rings (SSSR count). The molecule has 1 aromatic heterocycles. The van der Waals surface area contributed by atoms with Crippen LogP contribution in [0.25, 0.3) is 0 Å². The van der Waals surface area contributed by atoms with Crippen LogP contribution in [0.3, 0.4) is 0 Å². The first kappa shape index (κ1) is 11.4. The molecule has 102 valence electrons. The lowest BCUT2D eigenvalue weighted by atomic mass is 9.65. The normalized spacial score (nSPS) is 41.7. The molecule has 0 radical (unpaired) electrons. The molecule has 3 aliphatic carbocycles. The molecule has 2 bridgehead atoms. The van der Waals surface area contributed by atoms with Gasteiger partial charge in [-0.1, -0.05) is 24.2 Å². The molecule has 1 N–H and O–H groups in total. The van der Waals surface area contributed by atoms with E-state index in [0.29, 0.717) is 5.41 Å². The summed E-state index contributed by atoms with van der Waals surface area (Å²) in [5, 5.41) is 2.07. The Morgan fingerprint density at radius 2 is 1.95 bits per heavy atom. The molecule has 0 unspecified atom stereocenters. The van der Waals surface area contributed by atoms with Crippen LogP contribution in [0.4, 0.5) is 0 Å². The number of H-pyrrole nitrogens is 1. The molecule has 4 atom stereocenters. The zero-order valence-electron chi connectivity index (χ0n) is 11.0. The van der Waals surface area contributed by atoms with E-state index >= 15 is 0 Å². The Morgan fingerprint density at radius 3 is 2.79 bits per heavy atom. The Balaban J connectivity index is 1.73. The van der Waals surface area contributed by atoms with E-state index in [9.17, 15) is 4.79 Å². The Kier molecular flexibility index (Phi) is 2.23. The second-order valence-corrected chi connectivity index (χ2v) is 9.15. The van der Waals surface area contributed by atoms with Crippen LogP contribution in [0.15, 0.2) is 9.82 Å². The number of nitrogens with one attached hydrogen (secondary N) is 1. The Bertz CT molecular complexity index is 583. The molecule has 1 spiro atoms. The number of fused-ring (bicyclic) bond motifs is 8. The molecule has 4 heteroatoms. The summed E-state index contributed by atoms with van der Waals surface area (Å²) < 4.78 is 0. The predicted molar refractivity (Wildman–Crippen MR) is 79.1 cm³/mol. The summed E-state index contributed by atoms with van der Waals surface area (Å²) in [7, 11) is 0. The summed E-state index contributed by atoms with van der Waals surface area (Å²) in [4.78, 5) is 16.6. The van der Waals surface area contributed by atoms with Crippen molar-refractivity contribution in [2.45, 2.75) is 60.6 Å². The third-order valence-electron chi connectivity index (χ3n) is 6.30. The second kappa shape index (κ2) is 3.70. The highest BCUT2D eigenvalue weighted by Gasteiger charge is 2.61. The molecule has 3 fully saturated rings. The minimum atomic E-state index is 0.177. The summed E-state index contributed by atoms with van der Waals surface area (Å²) in [6.45, 7) is 0. The summed E-state index contributed by atoms with van der Waals surface area (Å²) >= 11 is 3.56. The minimum Gasteiger partial charge on any atom is -0.307 e. The molecule has 0 saturated heterocycles. The number of rotatable bonds is 0. The third-order valence-corrected chi connectivity index (χ3v) is 9.02. The van der Waals surface area contributed by atoms with Crippen molar-refractivity contribution >= 4 is 23.1 Å². The van der Waals surface area contributed by atoms with Gasteiger partial charge in [-0.25, -0.2) is 0 Å². The van der Waals surface area contributed by atoms with E-state index < -0.39 is 0 Å². The minimum absolute atomic E-state index is 0.177. The fourth-order valence-corrected chi connectivity index (χ4v) is 8.92. The highest BCUT2D eigenvalue weighted by Crippen LogP contribution is 2.67. The average molecular weight is 293 g/mol. The first-order valence-electron chi connectivity index (χ1n) is 7.68. The molecule has 2 nitrogen and oxygen atoms in total. The number of aromatic amines is 1. The van der Waals surface area contributed by atoms with Gasteiger partial charge >= 0.3 is 4.87 Å². The zero-order valence-corrected chi connectivity index (χ0v) is 12.6. The lowest BCUT2D eigenvalue weighted by Gasteiger charge is -2.47. The monoisotopic (exact) mass is 293 g/mol. The van der Waals surface area contributed by atoms with Crippen LogP contribution in [0.1, 0.15) is 49.8 Å². The SMILES string of the molecule is O=c1[nH]c2c(s1)C1(CCCC1)[C@@H]1[C@H]3CC[C@@H](C3)[C@@H]1S2. The van der Waals surface area contributed by atoms with Crippen LogP contribution in [0.2, 0.25) is 0 Å². The van der Waals surface area contributed by atoms with Gasteiger partial charge in [0.1, 0.15) is 0 Å². The number of thioether (sulfide) groups is 1. The van der Waals surface area contributed by atoms with Crippen LogP contribution >= 0.6 is 23.1 Å². The first-order valence-corrected chi connectivity index (χ1v) is 9.38. The van der Waals surface area contributed by atoms with E-state index in [1.807, 2.05) is 11.8 Å². The molecule has 2 heterocycles. The fraction of sp³-hybridized carbons (Fsp3) is 0.800. The summed E-state index contributed by atoms with van der Waals surface area (Å²) in [6.07, 6.45) is 9.82. The van der Waals surface area contributed by atoms with Gasteiger partial charge in [-0.05, 0) is 49.9 Å². The van der Waals surface area contributed by atoms with Gasteiger partial charge in [0.25, 0.3) is 0 Å². The highest BCUT2D eigenvalue weighted by atomic mass is 32.2.